The first-order valence-corrected chi connectivity index (χ1v) is 3.95. The topological polar surface area (TPSA) is 114 Å². The van der Waals surface area contributed by atoms with Crippen LogP contribution in [-0.2, 0) is 0 Å². The molecule has 1 rings (SSSR count). The van der Waals surface area contributed by atoms with Gasteiger partial charge in [-0.3, -0.25) is 15.8 Å². The van der Waals surface area contributed by atoms with Gasteiger partial charge in [0.2, 0.25) is 5.96 Å². The molecule has 0 saturated heterocycles. The molecule has 2 amide bonds. The predicted octanol–water partition coefficient (Wildman–Crippen LogP) is 0.587. The van der Waals surface area contributed by atoms with Gasteiger partial charge in [0.15, 0.2) is 0 Å². The molecule has 0 spiro atoms. The molecule has 0 saturated carbocycles. The molecular formula is C8H10N4O3. The predicted molar refractivity (Wildman–Crippen MR) is 51.6 cm³/mol. The van der Waals surface area contributed by atoms with Crippen LogP contribution in [-0.4, -0.2) is 27.6 Å². The Bertz CT molecular complexity index is 365. The van der Waals surface area contributed by atoms with E-state index in [1.54, 1.807) is 18.2 Å². The summed E-state index contributed by atoms with van der Waals surface area (Å²) >= 11 is 0. The van der Waals surface area contributed by atoms with Crippen molar-refractivity contribution in [2.45, 2.75) is 0 Å². The van der Waals surface area contributed by atoms with E-state index in [2.05, 4.69) is 0 Å². The highest BCUT2D eigenvalue weighted by molar-refractivity contribution is 6.13. The second-order valence-electron chi connectivity index (χ2n) is 2.63. The Kier molecular flexibility index (Phi) is 3.21. The summed E-state index contributed by atoms with van der Waals surface area (Å²) in [6, 6.07) is 6.73. The lowest BCUT2D eigenvalue weighted by Crippen LogP contribution is -2.47. The maximum absolute atomic E-state index is 11.2. The minimum absolute atomic E-state index is 0.267. The zero-order valence-electron chi connectivity index (χ0n) is 7.66. The Balaban J connectivity index is 3.05. The van der Waals surface area contributed by atoms with Gasteiger partial charge in [-0.1, -0.05) is 23.4 Å². The summed E-state index contributed by atoms with van der Waals surface area (Å²) in [5, 5.41) is 23.6. The van der Waals surface area contributed by atoms with Crippen molar-refractivity contribution in [3.8, 4) is 0 Å². The number of hydrogen-bond acceptors (Lipinski definition) is 4. The van der Waals surface area contributed by atoms with Crippen LogP contribution < -0.4 is 10.6 Å². The van der Waals surface area contributed by atoms with E-state index >= 15 is 0 Å². The minimum atomic E-state index is -1.23. The van der Waals surface area contributed by atoms with Crippen molar-refractivity contribution in [3.63, 3.8) is 0 Å². The number of hydrogen-bond donors (Lipinski definition) is 4. The number of amides is 2. The summed E-state index contributed by atoms with van der Waals surface area (Å²) in [5.74, 6) is -0.612. The first-order valence-electron chi connectivity index (χ1n) is 3.95. The van der Waals surface area contributed by atoms with E-state index in [9.17, 15) is 4.79 Å². The number of rotatable bonds is 1. The van der Waals surface area contributed by atoms with Crippen LogP contribution in [0.2, 0.25) is 0 Å². The Morgan fingerprint density at radius 2 is 1.80 bits per heavy atom. The molecule has 0 aliphatic carbocycles. The molecule has 7 nitrogen and oxygen atoms in total. The molecule has 80 valence electrons. The Morgan fingerprint density at radius 3 is 2.20 bits per heavy atom. The molecular weight excluding hydrogens is 200 g/mol. The number of benzene rings is 1. The fraction of sp³-hybridized carbons (Fsp3) is 0. The van der Waals surface area contributed by atoms with Crippen molar-refractivity contribution in [1.82, 2.24) is 5.23 Å². The average molecular weight is 210 g/mol. The Labute approximate surface area is 85.4 Å². The van der Waals surface area contributed by atoms with Crippen molar-refractivity contribution in [2.75, 3.05) is 4.90 Å². The number of urea groups is 1. The minimum Gasteiger partial charge on any atom is -0.369 e. The number of nitrogens with two attached hydrogens (primary N) is 1. The molecule has 1 aromatic rings. The number of nitrogens with one attached hydrogen (secondary N) is 1. The second kappa shape index (κ2) is 4.40. The van der Waals surface area contributed by atoms with Crippen LogP contribution in [0.15, 0.2) is 30.3 Å². The summed E-state index contributed by atoms with van der Waals surface area (Å²) in [4.78, 5) is 11.9. The number of hydroxylamine groups is 2. The molecule has 0 fully saturated rings. The second-order valence-corrected chi connectivity index (χ2v) is 2.63. The third-order valence-corrected chi connectivity index (χ3v) is 1.62. The van der Waals surface area contributed by atoms with Crippen LogP contribution in [0.25, 0.3) is 0 Å². The first-order chi connectivity index (χ1) is 7.04. The number of carbonyl (C=O) groups excluding carboxylic acids is 1. The third kappa shape index (κ3) is 2.42. The van der Waals surface area contributed by atoms with Crippen LogP contribution in [0.4, 0.5) is 10.5 Å². The van der Waals surface area contributed by atoms with Crippen LogP contribution in [0.3, 0.4) is 0 Å². The van der Waals surface area contributed by atoms with Crippen LogP contribution in [0, 0.1) is 5.41 Å². The van der Waals surface area contributed by atoms with E-state index in [0.29, 0.717) is 4.90 Å². The summed E-state index contributed by atoms with van der Waals surface area (Å²) in [5.41, 5.74) is 5.41. The van der Waals surface area contributed by atoms with Gasteiger partial charge in [0.05, 0.1) is 5.69 Å². The molecule has 0 aliphatic heterocycles. The van der Waals surface area contributed by atoms with Crippen molar-refractivity contribution < 1.29 is 15.2 Å². The van der Waals surface area contributed by atoms with Gasteiger partial charge in [0.25, 0.3) is 0 Å². The van der Waals surface area contributed by atoms with E-state index in [0.717, 1.165) is 0 Å². The molecule has 0 aliphatic rings. The van der Waals surface area contributed by atoms with Crippen molar-refractivity contribution >= 4 is 17.7 Å². The SMILES string of the molecule is N=C(N)N(C(=O)N(O)O)c1ccccc1. The molecule has 0 aromatic heterocycles. The molecule has 0 unspecified atom stereocenters. The summed E-state index contributed by atoms with van der Waals surface area (Å²) in [7, 11) is 0. The lowest BCUT2D eigenvalue weighted by Gasteiger charge is -2.21. The standard InChI is InChI=1S/C8H10N4O3/c9-7(10)11(8(13)12(14)15)6-4-2-1-3-5-6/h1-5,14-15H,(H3,9,10). The van der Waals surface area contributed by atoms with E-state index in [1.165, 1.54) is 12.1 Å². The molecule has 7 heteroatoms. The van der Waals surface area contributed by atoms with Gasteiger partial charge < -0.3 is 5.73 Å². The molecule has 0 atom stereocenters. The molecule has 0 bridgehead atoms. The lowest BCUT2D eigenvalue weighted by molar-refractivity contribution is -0.256. The van der Waals surface area contributed by atoms with E-state index in [4.69, 9.17) is 21.6 Å². The molecule has 15 heavy (non-hydrogen) atoms. The average Bonchev–Trinajstić information content (AvgIpc) is 2.18. The molecule has 1 aromatic carbocycles. The Morgan fingerprint density at radius 1 is 1.27 bits per heavy atom. The van der Waals surface area contributed by atoms with E-state index in [1.807, 2.05) is 0 Å². The zero-order valence-corrected chi connectivity index (χ0v) is 7.66. The maximum atomic E-state index is 11.2. The van der Waals surface area contributed by atoms with Crippen molar-refractivity contribution in [3.05, 3.63) is 30.3 Å². The number of anilines is 1. The summed E-state index contributed by atoms with van der Waals surface area (Å²) in [6.07, 6.45) is 0. The smallest absolute Gasteiger partial charge is 0.369 e. The van der Waals surface area contributed by atoms with Crippen molar-refractivity contribution in [1.29, 1.82) is 5.41 Å². The highest BCUT2D eigenvalue weighted by atomic mass is 16.8. The maximum Gasteiger partial charge on any atom is 0.380 e. The zero-order chi connectivity index (χ0) is 11.4. The van der Waals surface area contributed by atoms with E-state index < -0.39 is 17.2 Å². The lowest BCUT2D eigenvalue weighted by atomic mass is 10.3. The summed E-state index contributed by atoms with van der Waals surface area (Å²) < 4.78 is 0. The largest absolute Gasteiger partial charge is 0.380 e. The van der Waals surface area contributed by atoms with Gasteiger partial charge in [-0.05, 0) is 12.1 Å². The van der Waals surface area contributed by atoms with Gasteiger partial charge >= 0.3 is 6.03 Å². The molecule has 0 radical (unpaired) electrons. The first kappa shape index (κ1) is 11.0. The highest BCUT2D eigenvalue weighted by Crippen LogP contribution is 2.13. The fourth-order valence-corrected chi connectivity index (χ4v) is 1.02. The summed E-state index contributed by atoms with van der Waals surface area (Å²) in [6.45, 7) is 0. The number of nitrogens with zero attached hydrogens (tertiary/aromatic N) is 2. The normalized spacial score (nSPS) is 9.47. The third-order valence-electron chi connectivity index (χ3n) is 1.62. The quantitative estimate of drug-likeness (QED) is 0.235. The van der Waals surface area contributed by atoms with Gasteiger partial charge in [-0.15, -0.1) is 0 Å². The molecule has 5 N–H and O–H groups in total. The van der Waals surface area contributed by atoms with Crippen molar-refractivity contribution in [2.24, 2.45) is 5.73 Å². The van der Waals surface area contributed by atoms with Gasteiger partial charge in [-0.25, -0.2) is 9.69 Å². The number of para-hydroxylation sites is 1. The van der Waals surface area contributed by atoms with Gasteiger partial charge in [-0.2, -0.15) is 0 Å². The number of guanidine groups is 1. The van der Waals surface area contributed by atoms with Gasteiger partial charge in [0, 0.05) is 0 Å². The highest BCUT2D eigenvalue weighted by Gasteiger charge is 2.22. The van der Waals surface area contributed by atoms with Crippen LogP contribution in [0.1, 0.15) is 0 Å². The Hall–Kier alpha value is -2.12. The molecule has 0 heterocycles. The van der Waals surface area contributed by atoms with Gasteiger partial charge in [0.1, 0.15) is 0 Å². The van der Waals surface area contributed by atoms with Crippen LogP contribution in [0.5, 0.6) is 0 Å². The van der Waals surface area contributed by atoms with E-state index in [-0.39, 0.29) is 5.69 Å². The monoisotopic (exact) mass is 210 g/mol. The number of carbonyl (C=O) groups is 1. The fourth-order valence-electron chi connectivity index (χ4n) is 1.02. The van der Waals surface area contributed by atoms with Crippen LogP contribution >= 0.6 is 0 Å².